The van der Waals surface area contributed by atoms with E-state index in [4.69, 9.17) is 5.11 Å². The topological polar surface area (TPSA) is 91.3 Å². The fourth-order valence-electron chi connectivity index (χ4n) is 0.152. The van der Waals surface area contributed by atoms with Crippen molar-refractivity contribution in [2.24, 2.45) is 0 Å². The van der Waals surface area contributed by atoms with E-state index in [0.717, 1.165) is 7.11 Å². The summed E-state index contributed by atoms with van der Waals surface area (Å²) in [6.07, 6.45) is -3.15. The molecule has 0 fully saturated rings. The summed E-state index contributed by atoms with van der Waals surface area (Å²) in [5.41, 5.74) is 0. The molecule has 0 aromatic heterocycles. The van der Waals surface area contributed by atoms with Gasteiger partial charge in [0, 0.05) is 0 Å². The van der Waals surface area contributed by atoms with Crippen molar-refractivity contribution < 1.29 is 34.2 Å². The molecule has 0 spiro atoms. The lowest BCUT2D eigenvalue weighted by atomic mass is 11.4. The summed E-state index contributed by atoms with van der Waals surface area (Å²) in [6.45, 7) is 0. The summed E-state index contributed by atoms with van der Waals surface area (Å²) in [6, 6.07) is 0. The molecule has 0 aromatic carbocycles. The van der Waals surface area contributed by atoms with Crippen molar-refractivity contribution in [2.45, 2.75) is 0 Å². The molecule has 0 aromatic rings. The van der Waals surface area contributed by atoms with Crippen LogP contribution in [0.5, 0.6) is 0 Å². The van der Waals surface area contributed by atoms with Crippen LogP contribution in [-0.4, -0.2) is 24.5 Å². The quantitative estimate of drug-likeness (QED) is 0.427. The Morgan fingerprint density at radius 2 is 1.80 bits per heavy atom. The highest BCUT2D eigenvalue weighted by molar-refractivity contribution is 5.61. The Hall–Kier alpha value is -1.50. The number of rotatable bonds is 1. The van der Waals surface area contributed by atoms with Gasteiger partial charge in [0.05, 0.1) is 7.11 Å². The van der Waals surface area contributed by atoms with Gasteiger partial charge in [-0.3, -0.25) is 4.89 Å². The van der Waals surface area contributed by atoms with Gasteiger partial charge >= 0.3 is 12.3 Å². The molecule has 10 heavy (non-hydrogen) atoms. The second kappa shape index (κ2) is 4.39. The van der Waals surface area contributed by atoms with Gasteiger partial charge < -0.3 is 5.11 Å². The van der Waals surface area contributed by atoms with Crippen molar-refractivity contribution in [1.29, 1.82) is 0 Å². The van der Waals surface area contributed by atoms with Crippen LogP contribution in [0, 0.1) is 0 Å². The predicted octanol–water partition coefficient (Wildman–Crippen LogP) is 0.311. The molecular formula is C3H4O7. The monoisotopic (exact) mass is 152 g/mol. The fraction of sp³-hybridized carbons (Fsp3) is 0.333. The van der Waals surface area contributed by atoms with E-state index in [-0.39, 0.29) is 0 Å². The van der Waals surface area contributed by atoms with Crippen LogP contribution < -0.4 is 0 Å². The Morgan fingerprint density at radius 3 is 2.20 bits per heavy atom. The molecule has 0 radical (unpaired) electrons. The third-order valence-corrected chi connectivity index (χ3v) is 0.332. The number of carboxylic acid groups (broad SMARTS) is 1. The maximum atomic E-state index is 9.99. The van der Waals surface area contributed by atoms with E-state index < -0.39 is 12.3 Å². The molecule has 0 aliphatic rings. The minimum atomic E-state index is -1.76. The molecule has 0 atom stereocenters. The first-order chi connectivity index (χ1) is 4.66. The van der Waals surface area contributed by atoms with Crippen LogP contribution in [-0.2, 0) is 19.6 Å². The highest BCUT2D eigenvalue weighted by atomic mass is 17.3. The van der Waals surface area contributed by atoms with Crippen molar-refractivity contribution in [3.63, 3.8) is 0 Å². The van der Waals surface area contributed by atoms with Gasteiger partial charge in [0.2, 0.25) is 0 Å². The predicted molar refractivity (Wildman–Crippen MR) is 23.7 cm³/mol. The molecule has 0 heterocycles. The van der Waals surface area contributed by atoms with Crippen molar-refractivity contribution in [1.82, 2.24) is 0 Å². The maximum Gasteiger partial charge on any atom is 0.582 e. The van der Waals surface area contributed by atoms with Crippen LogP contribution in [0.15, 0.2) is 0 Å². The van der Waals surface area contributed by atoms with Crippen molar-refractivity contribution in [2.75, 3.05) is 7.11 Å². The highest BCUT2D eigenvalue weighted by Crippen LogP contribution is 1.86. The molecule has 0 amide bonds. The molecule has 1 N–H and O–H groups in total. The molecule has 0 rings (SSSR count). The average molecular weight is 152 g/mol. The van der Waals surface area contributed by atoms with Gasteiger partial charge in [0.1, 0.15) is 0 Å². The number of carbonyl (C=O) groups excluding carboxylic acids is 1. The van der Waals surface area contributed by atoms with Gasteiger partial charge in [-0.25, -0.2) is 4.79 Å². The fourth-order valence-corrected chi connectivity index (χ4v) is 0.152. The van der Waals surface area contributed by atoms with E-state index in [9.17, 15) is 9.59 Å². The molecular weight excluding hydrogens is 148 g/mol. The number of hydrogen-bond acceptors (Lipinski definition) is 6. The smallest absolute Gasteiger partial charge is 0.447 e. The lowest BCUT2D eigenvalue weighted by Gasteiger charge is -1.95. The van der Waals surface area contributed by atoms with Crippen molar-refractivity contribution in [3.05, 3.63) is 0 Å². The minimum Gasteiger partial charge on any atom is -0.447 e. The zero-order chi connectivity index (χ0) is 7.98. The summed E-state index contributed by atoms with van der Waals surface area (Å²) in [5, 5.41) is 7.73. The molecule has 0 unspecified atom stereocenters. The SMILES string of the molecule is COOC(=O)OOC(=O)O. The standard InChI is InChI=1S/C3H4O7/c1-7-9-3(6)10-8-2(4)5/h1H3,(H,4,5). The lowest BCUT2D eigenvalue weighted by Crippen LogP contribution is -2.10. The summed E-state index contributed by atoms with van der Waals surface area (Å²) in [7, 11) is 1.04. The van der Waals surface area contributed by atoms with E-state index in [1.807, 2.05) is 0 Å². The van der Waals surface area contributed by atoms with Crippen LogP contribution in [0.1, 0.15) is 0 Å². The van der Waals surface area contributed by atoms with E-state index in [1.54, 1.807) is 0 Å². The zero-order valence-corrected chi connectivity index (χ0v) is 4.90. The summed E-state index contributed by atoms with van der Waals surface area (Å²) in [5.74, 6) is 0. The second-order valence-corrected chi connectivity index (χ2v) is 0.933. The normalized spacial score (nSPS) is 8.10. The zero-order valence-electron chi connectivity index (χ0n) is 4.90. The van der Waals surface area contributed by atoms with Gasteiger partial charge in [-0.1, -0.05) is 0 Å². The molecule has 7 heteroatoms. The van der Waals surface area contributed by atoms with Gasteiger partial charge in [0.15, 0.2) is 0 Å². The highest BCUT2D eigenvalue weighted by Gasteiger charge is 2.08. The Kier molecular flexibility index (Phi) is 3.73. The van der Waals surface area contributed by atoms with E-state index in [2.05, 4.69) is 19.6 Å². The minimum absolute atomic E-state index is 1.04. The molecule has 0 aliphatic heterocycles. The molecule has 0 saturated carbocycles. The Morgan fingerprint density at radius 1 is 1.20 bits per heavy atom. The maximum absolute atomic E-state index is 9.99. The van der Waals surface area contributed by atoms with Crippen molar-refractivity contribution >= 4 is 12.3 Å². The summed E-state index contributed by atoms with van der Waals surface area (Å²) < 4.78 is 0. The molecule has 0 aliphatic carbocycles. The molecule has 58 valence electrons. The summed E-state index contributed by atoms with van der Waals surface area (Å²) >= 11 is 0. The third-order valence-electron chi connectivity index (χ3n) is 0.332. The van der Waals surface area contributed by atoms with Crippen molar-refractivity contribution in [3.8, 4) is 0 Å². The van der Waals surface area contributed by atoms with Gasteiger partial charge in [-0.15, -0.1) is 0 Å². The third kappa shape index (κ3) is 4.65. The number of hydrogen-bond donors (Lipinski definition) is 1. The van der Waals surface area contributed by atoms with Gasteiger partial charge in [0.25, 0.3) is 0 Å². The second-order valence-electron chi connectivity index (χ2n) is 0.933. The van der Waals surface area contributed by atoms with Crippen LogP contribution in [0.3, 0.4) is 0 Å². The largest absolute Gasteiger partial charge is 0.582 e. The molecule has 0 bridgehead atoms. The Labute approximate surface area is 54.9 Å². The average Bonchev–Trinajstić information content (AvgIpc) is 1.85. The van der Waals surface area contributed by atoms with Crippen LogP contribution in [0.4, 0.5) is 9.59 Å². The molecule has 0 saturated heterocycles. The van der Waals surface area contributed by atoms with E-state index >= 15 is 0 Å². The van der Waals surface area contributed by atoms with E-state index in [1.165, 1.54) is 0 Å². The first-order valence-electron chi connectivity index (χ1n) is 1.99. The lowest BCUT2D eigenvalue weighted by molar-refractivity contribution is -0.288. The first kappa shape index (κ1) is 8.50. The Balaban J connectivity index is 3.30. The van der Waals surface area contributed by atoms with Crippen LogP contribution in [0.25, 0.3) is 0 Å². The van der Waals surface area contributed by atoms with Crippen LogP contribution in [0.2, 0.25) is 0 Å². The summed E-state index contributed by atoms with van der Waals surface area (Å²) in [4.78, 5) is 33.7. The van der Waals surface area contributed by atoms with E-state index in [0.29, 0.717) is 0 Å². The molecule has 7 nitrogen and oxygen atoms in total. The van der Waals surface area contributed by atoms with Gasteiger partial charge in [-0.2, -0.15) is 19.5 Å². The first-order valence-corrected chi connectivity index (χ1v) is 1.99. The van der Waals surface area contributed by atoms with Gasteiger partial charge in [-0.05, 0) is 0 Å². The Bertz CT molecular complexity index is 129. The van der Waals surface area contributed by atoms with Crippen LogP contribution >= 0.6 is 0 Å². The number of carbonyl (C=O) groups is 2.